The van der Waals surface area contributed by atoms with E-state index in [1.54, 1.807) is 0 Å². The number of halogens is 1. The minimum absolute atomic E-state index is 0.474. The van der Waals surface area contributed by atoms with E-state index in [1.165, 1.54) is 0 Å². The molecule has 0 saturated heterocycles. The van der Waals surface area contributed by atoms with E-state index >= 15 is 0 Å². The first-order valence-corrected chi connectivity index (χ1v) is 7.25. The van der Waals surface area contributed by atoms with Gasteiger partial charge in [-0.05, 0) is 36.8 Å². The first kappa shape index (κ1) is 13.1. The van der Waals surface area contributed by atoms with Gasteiger partial charge in [0.2, 0.25) is 0 Å². The summed E-state index contributed by atoms with van der Waals surface area (Å²) >= 11 is 3.46. The Morgan fingerprint density at radius 3 is 2.80 bits per heavy atom. The van der Waals surface area contributed by atoms with Crippen molar-refractivity contribution in [2.45, 2.75) is 13.5 Å². The van der Waals surface area contributed by atoms with Crippen LogP contribution in [0.2, 0.25) is 0 Å². The molecule has 0 unspecified atom stereocenters. The smallest absolute Gasteiger partial charge is 0.130 e. The maximum Gasteiger partial charge on any atom is 0.130 e. The maximum absolute atomic E-state index is 5.86. The van der Waals surface area contributed by atoms with Crippen molar-refractivity contribution in [3.8, 4) is 5.75 Å². The van der Waals surface area contributed by atoms with E-state index in [1.807, 2.05) is 49.4 Å². The number of aromatic nitrogens is 1. The van der Waals surface area contributed by atoms with E-state index in [0.717, 1.165) is 32.4 Å². The van der Waals surface area contributed by atoms with Crippen LogP contribution in [0.15, 0.2) is 59.1 Å². The number of ether oxygens (including phenoxy) is 1. The molecule has 1 heterocycles. The normalized spacial score (nSPS) is 10.7. The zero-order valence-electron chi connectivity index (χ0n) is 11.1. The lowest BCUT2D eigenvalue weighted by atomic mass is 10.2. The van der Waals surface area contributed by atoms with Crippen LogP contribution in [0.25, 0.3) is 10.9 Å². The standard InChI is InChI=1S/C17H14BrNO/c1-12-6-8-14(18)10-17(12)20-11-15-9-7-13-4-2-3-5-16(13)19-15/h2-10H,11H2,1H3. The summed E-state index contributed by atoms with van der Waals surface area (Å²) in [7, 11) is 0. The van der Waals surface area contributed by atoms with Gasteiger partial charge in [0.1, 0.15) is 12.4 Å². The average molecular weight is 328 g/mol. The van der Waals surface area contributed by atoms with Gasteiger partial charge in [-0.3, -0.25) is 0 Å². The van der Waals surface area contributed by atoms with Crippen molar-refractivity contribution in [1.82, 2.24) is 4.98 Å². The number of pyridine rings is 1. The minimum Gasteiger partial charge on any atom is -0.487 e. The molecule has 0 fully saturated rings. The molecule has 1 aromatic heterocycles. The molecule has 3 aromatic rings. The first-order valence-electron chi connectivity index (χ1n) is 6.46. The zero-order valence-corrected chi connectivity index (χ0v) is 12.7. The third-order valence-electron chi connectivity index (χ3n) is 3.18. The largest absolute Gasteiger partial charge is 0.487 e. The second-order valence-electron chi connectivity index (χ2n) is 4.69. The van der Waals surface area contributed by atoms with E-state index in [2.05, 4.69) is 33.0 Å². The molecule has 0 spiro atoms. The van der Waals surface area contributed by atoms with Crippen LogP contribution in [-0.2, 0) is 6.61 Å². The Labute approximate surface area is 126 Å². The number of para-hydroxylation sites is 1. The van der Waals surface area contributed by atoms with E-state index in [4.69, 9.17) is 4.74 Å². The van der Waals surface area contributed by atoms with Gasteiger partial charge in [-0.2, -0.15) is 0 Å². The Kier molecular flexibility index (Phi) is 3.70. The van der Waals surface area contributed by atoms with E-state index < -0.39 is 0 Å². The van der Waals surface area contributed by atoms with Gasteiger partial charge in [0.15, 0.2) is 0 Å². The maximum atomic E-state index is 5.86. The summed E-state index contributed by atoms with van der Waals surface area (Å²) < 4.78 is 6.88. The van der Waals surface area contributed by atoms with Crippen LogP contribution in [0.1, 0.15) is 11.3 Å². The number of fused-ring (bicyclic) bond motifs is 1. The van der Waals surface area contributed by atoms with Crippen molar-refractivity contribution >= 4 is 26.8 Å². The molecule has 2 aromatic carbocycles. The van der Waals surface area contributed by atoms with Crippen LogP contribution in [0.4, 0.5) is 0 Å². The fourth-order valence-corrected chi connectivity index (χ4v) is 2.41. The molecular weight excluding hydrogens is 314 g/mol. The number of hydrogen-bond acceptors (Lipinski definition) is 2. The number of rotatable bonds is 3. The molecule has 0 radical (unpaired) electrons. The highest BCUT2D eigenvalue weighted by Crippen LogP contribution is 2.23. The van der Waals surface area contributed by atoms with Gasteiger partial charge < -0.3 is 4.74 Å². The Morgan fingerprint density at radius 1 is 1.05 bits per heavy atom. The molecule has 100 valence electrons. The number of nitrogens with zero attached hydrogens (tertiary/aromatic N) is 1. The lowest BCUT2D eigenvalue weighted by Gasteiger charge is -2.09. The summed E-state index contributed by atoms with van der Waals surface area (Å²) in [5.74, 6) is 0.884. The van der Waals surface area contributed by atoms with Crippen molar-refractivity contribution in [1.29, 1.82) is 0 Å². The van der Waals surface area contributed by atoms with Crippen LogP contribution < -0.4 is 4.74 Å². The predicted octanol–water partition coefficient (Wildman–Crippen LogP) is 4.88. The van der Waals surface area contributed by atoms with Gasteiger partial charge in [-0.1, -0.05) is 46.3 Å². The lowest BCUT2D eigenvalue weighted by molar-refractivity contribution is 0.299. The Morgan fingerprint density at radius 2 is 1.90 bits per heavy atom. The van der Waals surface area contributed by atoms with Crippen LogP contribution in [-0.4, -0.2) is 4.98 Å². The molecule has 20 heavy (non-hydrogen) atoms. The van der Waals surface area contributed by atoms with Crippen LogP contribution >= 0.6 is 15.9 Å². The Balaban J connectivity index is 1.81. The summed E-state index contributed by atoms with van der Waals surface area (Å²) in [4.78, 5) is 4.61. The number of hydrogen-bond donors (Lipinski definition) is 0. The van der Waals surface area contributed by atoms with Crippen molar-refractivity contribution in [3.63, 3.8) is 0 Å². The Bertz CT molecular complexity index is 755. The van der Waals surface area contributed by atoms with E-state index in [9.17, 15) is 0 Å². The summed E-state index contributed by atoms with van der Waals surface area (Å²) in [6.45, 7) is 2.51. The fraction of sp³-hybridized carbons (Fsp3) is 0.118. The third-order valence-corrected chi connectivity index (χ3v) is 3.68. The quantitative estimate of drug-likeness (QED) is 0.683. The molecule has 0 N–H and O–H groups in total. The molecule has 0 aliphatic heterocycles. The van der Waals surface area contributed by atoms with Gasteiger partial charge in [0.05, 0.1) is 11.2 Å². The second-order valence-corrected chi connectivity index (χ2v) is 5.61. The molecule has 3 heteroatoms. The van der Waals surface area contributed by atoms with Crippen molar-refractivity contribution < 1.29 is 4.74 Å². The highest BCUT2D eigenvalue weighted by atomic mass is 79.9. The highest BCUT2D eigenvalue weighted by molar-refractivity contribution is 9.10. The van der Waals surface area contributed by atoms with Crippen LogP contribution in [0.3, 0.4) is 0 Å². The van der Waals surface area contributed by atoms with Crippen molar-refractivity contribution in [3.05, 3.63) is 70.3 Å². The molecule has 0 bridgehead atoms. The second kappa shape index (κ2) is 5.63. The van der Waals surface area contributed by atoms with Crippen molar-refractivity contribution in [2.75, 3.05) is 0 Å². The molecule has 0 aliphatic carbocycles. The average Bonchev–Trinajstić information content (AvgIpc) is 2.48. The molecular formula is C17H14BrNO. The molecule has 3 rings (SSSR count). The van der Waals surface area contributed by atoms with Gasteiger partial charge >= 0.3 is 0 Å². The molecule has 0 saturated carbocycles. The highest BCUT2D eigenvalue weighted by Gasteiger charge is 2.03. The monoisotopic (exact) mass is 327 g/mol. The molecule has 2 nitrogen and oxygen atoms in total. The molecule has 0 aliphatic rings. The Hall–Kier alpha value is -1.87. The van der Waals surface area contributed by atoms with E-state index in [-0.39, 0.29) is 0 Å². The van der Waals surface area contributed by atoms with Gasteiger partial charge in [0, 0.05) is 9.86 Å². The van der Waals surface area contributed by atoms with E-state index in [0.29, 0.717) is 6.61 Å². The summed E-state index contributed by atoms with van der Waals surface area (Å²) in [6, 6.07) is 18.2. The van der Waals surface area contributed by atoms with Crippen LogP contribution in [0, 0.1) is 6.92 Å². The number of benzene rings is 2. The third kappa shape index (κ3) is 2.83. The molecule has 0 atom stereocenters. The van der Waals surface area contributed by atoms with Gasteiger partial charge in [-0.25, -0.2) is 4.98 Å². The van der Waals surface area contributed by atoms with Crippen LogP contribution in [0.5, 0.6) is 5.75 Å². The lowest BCUT2D eigenvalue weighted by Crippen LogP contribution is -1.99. The predicted molar refractivity (Wildman–Crippen MR) is 85.0 cm³/mol. The van der Waals surface area contributed by atoms with Gasteiger partial charge in [0.25, 0.3) is 0 Å². The summed E-state index contributed by atoms with van der Waals surface area (Å²) in [6.07, 6.45) is 0. The first-order chi connectivity index (χ1) is 9.72. The van der Waals surface area contributed by atoms with Gasteiger partial charge in [-0.15, -0.1) is 0 Å². The fourth-order valence-electron chi connectivity index (χ4n) is 2.07. The summed E-state index contributed by atoms with van der Waals surface area (Å²) in [5, 5.41) is 1.15. The van der Waals surface area contributed by atoms with Crippen molar-refractivity contribution in [2.24, 2.45) is 0 Å². The molecule has 0 amide bonds. The SMILES string of the molecule is Cc1ccc(Br)cc1OCc1ccc2ccccc2n1. The zero-order chi connectivity index (χ0) is 13.9. The number of aryl methyl sites for hydroxylation is 1. The summed E-state index contributed by atoms with van der Waals surface area (Å²) in [5.41, 5.74) is 3.05. The topological polar surface area (TPSA) is 22.1 Å². The minimum atomic E-state index is 0.474.